The molecule has 0 saturated heterocycles. The van der Waals surface area contributed by atoms with Crippen molar-refractivity contribution in [2.45, 2.75) is 32.1 Å². The molecular formula is C17H22N2O2. The number of hydrogen-bond acceptors (Lipinski definition) is 3. The van der Waals surface area contributed by atoms with Gasteiger partial charge in [0, 0.05) is 12.7 Å². The lowest BCUT2D eigenvalue weighted by Gasteiger charge is -2.24. The molecule has 0 spiro atoms. The SMILES string of the molecule is CNCC(C1=Cc2nccc(C(=O)O)c2C1)C1CCCC1. The first-order valence-electron chi connectivity index (χ1n) is 7.77. The number of carboxylic acid groups (broad SMARTS) is 1. The minimum absolute atomic E-state index is 0.404. The summed E-state index contributed by atoms with van der Waals surface area (Å²) in [6, 6.07) is 1.61. The first kappa shape index (κ1) is 14.3. The van der Waals surface area contributed by atoms with Crippen molar-refractivity contribution in [3.8, 4) is 0 Å². The molecule has 3 rings (SSSR count). The summed E-state index contributed by atoms with van der Waals surface area (Å²) in [5, 5.41) is 12.6. The van der Waals surface area contributed by atoms with E-state index in [1.54, 1.807) is 12.3 Å². The van der Waals surface area contributed by atoms with Crippen LogP contribution in [-0.4, -0.2) is 29.7 Å². The monoisotopic (exact) mass is 286 g/mol. The number of rotatable bonds is 5. The van der Waals surface area contributed by atoms with Gasteiger partial charge in [0.2, 0.25) is 0 Å². The molecule has 2 N–H and O–H groups in total. The topological polar surface area (TPSA) is 62.2 Å². The van der Waals surface area contributed by atoms with Gasteiger partial charge in [-0.05, 0) is 55.9 Å². The maximum absolute atomic E-state index is 11.4. The second kappa shape index (κ2) is 5.98. The minimum Gasteiger partial charge on any atom is -0.478 e. The van der Waals surface area contributed by atoms with Crippen LogP contribution in [0.4, 0.5) is 0 Å². The average molecular weight is 286 g/mol. The summed E-state index contributed by atoms with van der Waals surface area (Å²) >= 11 is 0. The van der Waals surface area contributed by atoms with E-state index in [9.17, 15) is 9.90 Å². The zero-order valence-electron chi connectivity index (χ0n) is 12.4. The molecule has 1 fully saturated rings. The van der Waals surface area contributed by atoms with E-state index >= 15 is 0 Å². The molecule has 0 aromatic carbocycles. The predicted molar refractivity (Wildman–Crippen MR) is 82.3 cm³/mol. The van der Waals surface area contributed by atoms with Crippen LogP contribution in [0.2, 0.25) is 0 Å². The number of nitrogens with zero attached hydrogens (tertiary/aromatic N) is 1. The average Bonchev–Trinajstić information content (AvgIpc) is 3.12. The number of aromatic nitrogens is 1. The molecule has 0 amide bonds. The maximum Gasteiger partial charge on any atom is 0.336 e. The molecule has 2 aliphatic carbocycles. The lowest BCUT2D eigenvalue weighted by Crippen LogP contribution is -2.26. The van der Waals surface area contributed by atoms with Crippen LogP contribution in [-0.2, 0) is 6.42 Å². The van der Waals surface area contributed by atoms with Crippen molar-refractivity contribution >= 4 is 12.0 Å². The fourth-order valence-electron chi connectivity index (χ4n) is 3.87. The zero-order chi connectivity index (χ0) is 14.8. The second-order valence-corrected chi connectivity index (χ2v) is 6.13. The van der Waals surface area contributed by atoms with Crippen molar-refractivity contribution in [1.29, 1.82) is 0 Å². The van der Waals surface area contributed by atoms with Gasteiger partial charge < -0.3 is 10.4 Å². The van der Waals surface area contributed by atoms with E-state index in [-0.39, 0.29) is 0 Å². The molecule has 4 heteroatoms. The Kier molecular flexibility index (Phi) is 4.06. The van der Waals surface area contributed by atoms with Crippen molar-refractivity contribution in [3.05, 3.63) is 34.7 Å². The molecule has 0 radical (unpaired) electrons. The molecule has 21 heavy (non-hydrogen) atoms. The number of fused-ring (bicyclic) bond motifs is 1. The molecule has 1 atom stereocenters. The highest BCUT2D eigenvalue weighted by atomic mass is 16.4. The number of pyridine rings is 1. The Morgan fingerprint density at radius 1 is 1.48 bits per heavy atom. The van der Waals surface area contributed by atoms with Crippen LogP contribution in [0.5, 0.6) is 0 Å². The van der Waals surface area contributed by atoms with Crippen LogP contribution in [0.25, 0.3) is 6.08 Å². The van der Waals surface area contributed by atoms with Crippen molar-refractivity contribution in [2.24, 2.45) is 11.8 Å². The van der Waals surface area contributed by atoms with Gasteiger partial charge in [0.1, 0.15) is 0 Å². The van der Waals surface area contributed by atoms with Crippen molar-refractivity contribution in [3.63, 3.8) is 0 Å². The number of hydrogen-bond donors (Lipinski definition) is 2. The number of nitrogens with one attached hydrogen (secondary N) is 1. The molecule has 0 aliphatic heterocycles. The van der Waals surface area contributed by atoms with Crippen LogP contribution in [0.1, 0.15) is 47.3 Å². The lowest BCUT2D eigenvalue weighted by atomic mass is 9.83. The van der Waals surface area contributed by atoms with Gasteiger partial charge in [-0.25, -0.2) is 4.79 Å². The van der Waals surface area contributed by atoms with Crippen LogP contribution in [0.3, 0.4) is 0 Å². The molecule has 1 aromatic heterocycles. The Morgan fingerprint density at radius 3 is 2.90 bits per heavy atom. The van der Waals surface area contributed by atoms with E-state index < -0.39 is 5.97 Å². The smallest absolute Gasteiger partial charge is 0.336 e. The van der Waals surface area contributed by atoms with Crippen LogP contribution >= 0.6 is 0 Å². The number of carbonyl (C=O) groups is 1. The van der Waals surface area contributed by atoms with E-state index in [2.05, 4.69) is 16.4 Å². The summed E-state index contributed by atoms with van der Waals surface area (Å²) < 4.78 is 0. The Bertz CT molecular complexity index is 574. The first-order valence-corrected chi connectivity index (χ1v) is 7.77. The third kappa shape index (κ3) is 2.72. The molecule has 1 heterocycles. The fraction of sp³-hybridized carbons (Fsp3) is 0.529. The Labute approximate surface area is 125 Å². The van der Waals surface area contributed by atoms with Crippen LogP contribution < -0.4 is 5.32 Å². The van der Waals surface area contributed by atoms with Crippen molar-refractivity contribution < 1.29 is 9.90 Å². The highest BCUT2D eigenvalue weighted by molar-refractivity contribution is 5.91. The van der Waals surface area contributed by atoms with Gasteiger partial charge in [0.15, 0.2) is 0 Å². The standard InChI is InChI=1S/C17H22N2O2/c1-18-10-15(11-4-2-3-5-11)12-8-14-13(17(20)21)6-7-19-16(14)9-12/h6-7,9,11,15,18H,2-5,8,10H2,1H3,(H,20,21). The highest BCUT2D eigenvalue weighted by Gasteiger charge is 2.31. The van der Waals surface area contributed by atoms with Crippen molar-refractivity contribution in [1.82, 2.24) is 10.3 Å². The quantitative estimate of drug-likeness (QED) is 0.873. The maximum atomic E-state index is 11.4. The number of carboxylic acids is 1. The van der Waals surface area contributed by atoms with E-state index in [4.69, 9.17) is 0 Å². The highest BCUT2D eigenvalue weighted by Crippen LogP contribution is 2.39. The third-order valence-electron chi connectivity index (χ3n) is 4.89. The molecular weight excluding hydrogens is 264 g/mol. The van der Waals surface area contributed by atoms with Gasteiger partial charge in [-0.3, -0.25) is 4.98 Å². The molecule has 0 bridgehead atoms. The van der Waals surface area contributed by atoms with E-state index in [0.29, 0.717) is 11.5 Å². The van der Waals surface area contributed by atoms with Gasteiger partial charge >= 0.3 is 5.97 Å². The largest absolute Gasteiger partial charge is 0.478 e. The van der Waals surface area contributed by atoms with Gasteiger partial charge in [-0.15, -0.1) is 0 Å². The summed E-state index contributed by atoms with van der Waals surface area (Å²) in [7, 11) is 1.99. The zero-order valence-corrected chi connectivity index (χ0v) is 12.4. The Balaban J connectivity index is 1.87. The van der Waals surface area contributed by atoms with E-state index in [1.807, 2.05) is 7.05 Å². The van der Waals surface area contributed by atoms with E-state index in [0.717, 1.165) is 30.1 Å². The molecule has 1 aromatic rings. The summed E-state index contributed by atoms with van der Waals surface area (Å²) in [6.45, 7) is 0.965. The summed E-state index contributed by atoms with van der Waals surface area (Å²) in [4.78, 5) is 15.7. The van der Waals surface area contributed by atoms with Crippen molar-refractivity contribution in [2.75, 3.05) is 13.6 Å². The van der Waals surface area contributed by atoms with E-state index in [1.165, 1.54) is 31.3 Å². The minimum atomic E-state index is -0.852. The molecule has 2 aliphatic rings. The number of aromatic carboxylic acids is 1. The molecule has 1 unspecified atom stereocenters. The molecule has 1 saturated carbocycles. The van der Waals surface area contributed by atoms with Gasteiger partial charge in [-0.2, -0.15) is 0 Å². The Morgan fingerprint density at radius 2 is 2.24 bits per heavy atom. The fourth-order valence-corrected chi connectivity index (χ4v) is 3.87. The van der Waals surface area contributed by atoms with Crippen LogP contribution in [0.15, 0.2) is 17.8 Å². The molecule has 112 valence electrons. The Hall–Kier alpha value is -1.68. The lowest BCUT2D eigenvalue weighted by molar-refractivity contribution is 0.0695. The summed E-state index contributed by atoms with van der Waals surface area (Å²) in [5.74, 6) is 0.383. The summed E-state index contributed by atoms with van der Waals surface area (Å²) in [5.41, 5.74) is 3.50. The normalized spacial score (nSPS) is 19.4. The van der Waals surface area contributed by atoms with Gasteiger partial charge in [0.25, 0.3) is 0 Å². The second-order valence-electron chi connectivity index (χ2n) is 6.13. The first-order chi connectivity index (χ1) is 10.2. The predicted octanol–water partition coefficient (Wildman–Crippen LogP) is 2.75. The summed E-state index contributed by atoms with van der Waals surface area (Å²) in [6.07, 6.45) is 9.70. The van der Waals surface area contributed by atoms with Crippen LogP contribution in [0, 0.1) is 11.8 Å². The van der Waals surface area contributed by atoms with Gasteiger partial charge in [0.05, 0.1) is 11.3 Å². The third-order valence-corrected chi connectivity index (χ3v) is 4.89. The molecule has 4 nitrogen and oxygen atoms in total. The van der Waals surface area contributed by atoms with Gasteiger partial charge in [-0.1, -0.05) is 18.4 Å².